The molecule has 9 aromatic carbocycles. The zero-order valence-corrected chi connectivity index (χ0v) is 29.1. The summed E-state index contributed by atoms with van der Waals surface area (Å²) in [5.74, 6) is 0.810. The molecule has 4 nitrogen and oxygen atoms in total. The van der Waals surface area contributed by atoms with Crippen molar-refractivity contribution in [1.82, 2.24) is 19.1 Å². The van der Waals surface area contributed by atoms with Crippen molar-refractivity contribution in [2.24, 2.45) is 0 Å². The molecule has 0 saturated heterocycles. The van der Waals surface area contributed by atoms with Crippen LogP contribution in [0.15, 0.2) is 182 Å². The quantitative estimate of drug-likeness (QED) is 0.185. The summed E-state index contributed by atoms with van der Waals surface area (Å²) < 4.78 is 4.82. The maximum Gasteiger partial charge on any atom is 0.165 e. The summed E-state index contributed by atoms with van der Waals surface area (Å²) in [5.41, 5.74) is 9.28. The Morgan fingerprint density at radius 2 is 0.889 bits per heavy atom. The van der Waals surface area contributed by atoms with E-state index in [1.54, 1.807) is 0 Å². The van der Waals surface area contributed by atoms with Gasteiger partial charge in [-0.25, -0.2) is 9.97 Å². The minimum atomic E-state index is 0.810. The fraction of sp³-hybridized carbons (Fsp3) is 0. The molecule has 0 spiro atoms. The zero-order chi connectivity index (χ0) is 35.3. The van der Waals surface area contributed by atoms with Gasteiger partial charge in [0.15, 0.2) is 5.82 Å². The Kier molecular flexibility index (Phi) is 6.02. The number of rotatable bonds is 3. The predicted octanol–water partition coefficient (Wildman–Crippen LogP) is 13.0. The molecule has 0 N–H and O–H groups in total. The van der Waals surface area contributed by atoms with Crippen molar-refractivity contribution in [2.45, 2.75) is 0 Å². The van der Waals surface area contributed by atoms with Crippen LogP contribution in [-0.2, 0) is 0 Å². The van der Waals surface area contributed by atoms with Gasteiger partial charge in [-0.15, -0.1) is 0 Å². The first-order chi connectivity index (χ1) is 26.8. The first-order valence-electron chi connectivity index (χ1n) is 18.4. The van der Waals surface area contributed by atoms with Crippen molar-refractivity contribution >= 4 is 87.0 Å². The SMILES string of the molecule is c1ccc2cc(-c3nc4ccccc4nc3-n3c4cc5ccccc5cc4c4c(-n5c6ccccc6c6cc7ccccc7cc65)cccc43)ccc2c1. The second-order valence-electron chi connectivity index (χ2n) is 14.2. The molecule has 0 unspecified atom stereocenters. The van der Waals surface area contributed by atoms with Crippen molar-refractivity contribution in [3.05, 3.63) is 182 Å². The predicted molar refractivity (Wildman–Crippen MR) is 226 cm³/mol. The molecule has 54 heavy (non-hydrogen) atoms. The summed E-state index contributed by atoms with van der Waals surface area (Å²) in [6, 6.07) is 65.5. The van der Waals surface area contributed by atoms with Gasteiger partial charge >= 0.3 is 0 Å². The lowest BCUT2D eigenvalue weighted by Crippen LogP contribution is -2.04. The van der Waals surface area contributed by atoms with Gasteiger partial charge in [-0.2, -0.15) is 0 Å². The molecule has 250 valence electrons. The van der Waals surface area contributed by atoms with Crippen LogP contribution in [0.25, 0.3) is 110 Å². The van der Waals surface area contributed by atoms with E-state index in [2.05, 4.69) is 179 Å². The molecule has 0 saturated carbocycles. The first-order valence-corrected chi connectivity index (χ1v) is 18.4. The average Bonchev–Trinajstić information content (AvgIpc) is 3.73. The minimum Gasteiger partial charge on any atom is -0.309 e. The third-order valence-corrected chi connectivity index (χ3v) is 11.2. The van der Waals surface area contributed by atoms with Crippen LogP contribution in [0.3, 0.4) is 0 Å². The highest BCUT2D eigenvalue weighted by atomic mass is 15.1. The van der Waals surface area contributed by atoms with Crippen molar-refractivity contribution < 1.29 is 0 Å². The largest absolute Gasteiger partial charge is 0.309 e. The van der Waals surface area contributed by atoms with E-state index < -0.39 is 0 Å². The van der Waals surface area contributed by atoms with Gasteiger partial charge in [0.25, 0.3) is 0 Å². The maximum absolute atomic E-state index is 5.47. The molecular weight excluding hydrogens is 657 g/mol. The highest BCUT2D eigenvalue weighted by molar-refractivity contribution is 6.20. The topological polar surface area (TPSA) is 35.6 Å². The van der Waals surface area contributed by atoms with E-state index in [9.17, 15) is 0 Å². The summed E-state index contributed by atoms with van der Waals surface area (Å²) >= 11 is 0. The van der Waals surface area contributed by atoms with E-state index in [1.165, 1.54) is 64.9 Å². The Hall–Kier alpha value is -7.30. The van der Waals surface area contributed by atoms with Crippen molar-refractivity contribution in [3.63, 3.8) is 0 Å². The molecule has 0 aliphatic carbocycles. The van der Waals surface area contributed by atoms with Crippen LogP contribution in [0, 0.1) is 0 Å². The van der Waals surface area contributed by atoms with E-state index in [1.807, 2.05) is 12.1 Å². The lowest BCUT2D eigenvalue weighted by molar-refractivity contribution is 1.08. The Bertz CT molecular complexity index is 3510. The number of aromatic nitrogens is 4. The Labute approximate surface area is 309 Å². The van der Waals surface area contributed by atoms with E-state index in [4.69, 9.17) is 9.97 Å². The van der Waals surface area contributed by atoms with Gasteiger partial charge in [0.1, 0.15) is 5.69 Å². The Balaban J connectivity index is 1.25. The molecule has 12 rings (SSSR count). The molecule has 3 aromatic heterocycles. The van der Waals surface area contributed by atoms with Crippen LogP contribution < -0.4 is 0 Å². The summed E-state index contributed by atoms with van der Waals surface area (Å²) in [7, 11) is 0. The molecule has 4 heteroatoms. The molecule has 0 aliphatic rings. The summed E-state index contributed by atoms with van der Waals surface area (Å²) in [6.45, 7) is 0. The highest BCUT2D eigenvalue weighted by Gasteiger charge is 2.23. The van der Waals surface area contributed by atoms with Gasteiger partial charge in [0.05, 0.1) is 38.8 Å². The second-order valence-corrected chi connectivity index (χ2v) is 14.2. The van der Waals surface area contributed by atoms with Gasteiger partial charge in [-0.3, -0.25) is 4.57 Å². The summed E-state index contributed by atoms with van der Waals surface area (Å²) in [4.78, 5) is 10.9. The highest BCUT2D eigenvalue weighted by Crippen LogP contribution is 2.43. The number of fused-ring (bicyclic) bond motifs is 10. The van der Waals surface area contributed by atoms with Crippen LogP contribution >= 0.6 is 0 Å². The number of para-hydroxylation sites is 3. The van der Waals surface area contributed by atoms with Crippen LogP contribution in [0.1, 0.15) is 0 Å². The van der Waals surface area contributed by atoms with E-state index >= 15 is 0 Å². The van der Waals surface area contributed by atoms with Crippen molar-refractivity contribution in [3.8, 4) is 22.8 Å². The molecular formula is C50H30N4. The maximum atomic E-state index is 5.47. The number of hydrogen-bond acceptors (Lipinski definition) is 2. The van der Waals surface area contributed by atoms with Crippen molar-refractivity contribution in [1.29, 1.82) is 0 Å². The lowest BCUT2D eigenvalue weighted by Gasteiger charge is -2.15. The van der Waals surface area contributed by atoms with E-state index in [0.29, 0.717) is 0 Å². The fourth-order valence-electron chi connectivity index (χ4n) is 8.74. The van der Waals surface area contributed by atoms with E-state index in [-0.39, 0.29) is 0 Å². The molecule has 0 bridgehead atoms. The van der Waals surface area contributed by atoms with Gasteiger partial charge < -0.3 is 4.57 Å². The van der Waals surface area contributed by atoms with E-state index in [0.717, 1.165) is 44.8 Å². The molecule has 0 atom stereocenters. The van der Waals surface area contributed by atoms with Crippen LogP contribution in [-0.4, -0.2) is 19.1 Å². The van der Waals surface area contributed by atoms with Gasteiger partial charge in [0.2, 0.25) is 0 Å². The van der Waals surface area contributed by atoms with Gasteiger partial charge in [0, 0.05) is 27.1 Å². The minimum absolute atomic E-state index is 0.810. The second kappa shape index (κ2) is 11.1. The van der Waals surface area contributed by atoms with Gasteiger partial charge in [-0.05, 0) is 93.0 Å². The Morgan fingerprint density at radius 3 is 1.63 bits per heavy atom. The monoisotopic (exact) mass is 686 g/mol. The number of nitrogens with zero attached hydrogens (tertiary/aromatic N) is 4. The summed E-state index contributed by atoms with van der Waals surface area (Å²) in [6.07, 6.45) is 0. The normalized spacial score (nSPS) is 12.1. The number of benzene rings is 9. The van der Waals surface area contributed by atoms with Crippen LogP contribution in [0.2, 0.25) is 0 Å². The molecule has 12 aromatic rings. The smallest absolute Gasteiger partial charge is 0.165 e. The third kappa shape index (κ3) is 4.19. The standard InChI is InChI=1S/C50H30N4/c1-2-13-32-26-37(25-24-31(32)12-1)49-50(52-42-20-9-8-19-41(42)51-49)54-45-23-11-22-44(48(45)40-28-34-15-4-6-17-36(34)30-47(40)54)53-43-21-10-7-18-38(43)39-27-33-14-3-5-16-35(33)29-46(39)53/h1-30H. The Morgan fingerprint density at radius 1 is 0.333 bits per heavy atom. The molecule has 0 amide bonds. The zero-order valence-electron chi connectivity index (χ0n) is 29.1. The fourth-order valence-corrected chi connectivity index (χ4v) is 8.74. The third-order valence-electron chi connectivity index (χ3n) is 11.2. The average molecular weight is 687 g/mol. The summed E-state index contributed by atoms with van der Waals surface area (Å²) in [5, 5.41) is 12.0. The van der Waals surface area contributed by atoms with Crippen LogP contribution in [0.5, 0.6) is 0 Å². The molecule has 0 fully saturated rings. The number of hydrogen-bond donors (Lipinski definition) is 0. The molecule has 0 radical (unpaired) electrons. The molecule has 0 aliphatic heterocycles. The van der Waals surface area contributed by atoms with Gasteiger partial charge in [-0.1, -0.05) is 121 Å². The van der Waals surface area contributed by atoms with Crippen molar-refractivity contribution in [2.75, 3.05) is 0 Å². The first kappa shape index (κ1) is 29.3. The molecule has 3 heterocycles. The van der Waals surface area contributed by atoms with Crippen LogP contribution in [0.4, 0.5) is 0 Å². The lowest BCUT2D eigenvalue weighted by atomic mass is 10.0.